The van der Waals surface area contributed by atoms with Gasteiger partial charge < -0.3 is 24.6 Å². The number of carbonyl (C=O) groups is 1. The number of rotatable bonds is 56. The van der Waals surface area contributed by atoms with Crippen molar-refractivity contribution in [3.05, 3.63) is 0 Å². The number of hydrogen-bond donors (Lipinski definition) is 3. The lowest BCUT2D eigenvalue weighted by atomic mass is 10.0. The van der Waals surface area contributed by atoms with E-state index >= 15 is 0 Å². The molecule has 390 valence electrons. The summed E-state index contributed by atoms with van der Waals surface area (Å²) in [7, 11) is -4.52. The molecule has 0 aromatic heterocycles. The molecule has 9 nitrogen and oxygen atoms in total. The number of aliphatic hydroxyl groups is 2. The molecule has 0 aromatic carbocycles. The van der Waals surface area contributed by atoms with E-state index in [0.717, 1.165) is 32.1 Å². The molecule has 1 unspecified atom stereocenters. The molecular formula is C55H111O9P. The van der Waals surface area contributed by atoms with Crippen LogP contribution in [-0.2, 0) is 27.9 Å². The van der Waals surface area contributed by atoms with Gasteiger partial charge in [-0.05, 0) is 12.8 Å². The van der Waals surface area contributed by atoms with Crippen LogP contribution in [0.5, 0.6) is 0 Å². The van der Waals surface area contributed by atoms with Crippen LogP contribution < -0.4 is 0 Å². The standard InChI is InChI=1S/C55H111O9P/c1-3-5-7-9-11-13-15-17-19-21-23-25-26-27-28-29-31-33-35-37-39-41-43-45-47-55(58)64-54(52-63-65(59,60)62-50-53(57)49-56)51-61-48-46-44-42-40-38-36-34-32-30-24-22-20-18-16-14-12-10-8-6-4-2/h53-54,56-57H,3-52H2,1-2H3,(H,59,60)/t53-,54+/m0/s1. The van der Waals surface area contributed by atoms with Crippen LogP contribution in [0.2, 0.25) is 0 Å². The zero-order valence-electron chi connectivity index (χ0n) is 43.2. The van der Waals surface area contributed by atoms with E-state index in [2.05, 4.69) is 13.8 Å². The molecule has 0 radical (unpaired) electrons. The number of phosphoric ester groups is 1. The fourth-order valence-corrected chi connectivity index (χ4v) is 9.50. The molecule has 0 amide bonds. The molecular weight excluding hydrogens is 836 g/mol. The van der Waals surface area contributed by atoms with Crippen LogP contribution in [0.25, 0.3) is 0 Å². The predicted molar refractivity (Wildman–Crippen MR) is 275 cm³/mol. The van der Waals surface area contributed by atoms with Gasteiger partial charge >= 0.3 is 13.8 Å². The summed E-state index contributed by atoms with van der Waals surface area (Å²) in [6.07, 6.45) is 56.6. The van der Waals surface area contributed by atoms with Crippen molar-refractivity contribution in [3.8, 4) is 0 Å². The quantitative estimate of drug-likeness (QED) is 0.0310. The molecule has 0 bridgehead atoms. The van der Waals surface area contributed by atoms with Gasteiger partial charge in [0.05, 0.1) is 26.4 Å². The van der Waals surface area contributed by atoms with Gasteiger partial charge in [-0.3, -0.25) is 13.8 Å². The molecule has 0 spiro atoms. The number of ether oxygens (including phenoxy) is 2. The summed E-state index contributed by atoms with van der Waals surface area (Å²) in [5.74, 6) is -0.371. The Kier molecular flexibility index (Phi) is 52.4. The molecule has 0 heterocycles. The Morgan fingerprint density at radius 1 is 0.415 bits per heavy atom. The maximum absolute atomic E-state index is 12.7. The Labute approximate surface area is 403 Å². The highest BCUT2D eigenvalue weighted by atomic mass is 31.2. The minimum Gasteiger partial charge on any atom is -0.457 e. The van der Waals surface area contributed by atoms with Crippen molar-refractivity contribution in [2.75, 3.05) is 33.0 Å². The van der Waals surface area contributed by atoms with Crippen molar-refractivity contribution >= 4 is 13.8 Å². The summed E-state index contributed by atoms with van der Waals surface area (Å²) in [5.41, 5.74) is 0. The summed E-state index contributed by atoms with van der Waals surface area (Å²) in [5, 5.41) is 18.5. The number of unbranched alkanes of at least 4 members (excludes halogenated alkanes) is 42. The molecule has 10 heteroatoms. The number of aliphatic hydroxyl groups excluding tert-OH is 2. The average molecular weight is 947 g/mol. The first-order valence-corrected chi connectivity index (χ1v) is 30.0. The van der Waals surface area contributed by atoms with Gasteiger partial charge in [-0.25, -0.2) is 4.57 Å². The van der Waals surface area contributed by atoms with Crippen molar-refractivity contribution in [1.29, 1.82) is 0 Å². The molecule has 0 fully saturated rings. The number of esters is 1. The molecule has 0 aliphatic carbocycles. The lowest BCUT2D eigenvalue weighted by molar-refractivity contribution is -0.154. The van der Waals surface area contributed by atoms with Gasteiger partial charge in [-0.15, -0.1) is 0 Å². The zero-order chi connectivity index (χ0) is 47.4. The number of hydrogen-bond acceptors (Lipinski definition) is 8. The molecule has 0 saturated carbocycles. The summed E-state index contributed by atoms with van der Waals surface area (Å²) in [6.45, 7) is 3.62. The third-order valence-corrected chi connectivity index (χ3v) is 14.0. The highest BCUT2D eigenvalue weighted by Gasteiger charge is 2.26. The van der Waals surface area contributed by atoms with Crippen LogP contribution in [0.1, 0.15) is 303 Å². The molecule has 0 rings (SSSR count). The summed E-state index contributed by atoms with van der Waals surface area (Å²) < 4.78 is 33.6. The molecule has 0 aliphatic rings. The van der Waals surface area contributed by atoms with Crippen molar-refractivity contribution in [2.24, 2.45) is 0 Å². The normalized spacial score (nSPS) is 13.6. The fraction of sp³-hybridized carbons (Fsp3) is 0.982. The van der Waals surface area contributed by atoms with Gasteiger partial charge in [0.1, 0.15) is 12.2 Å². The zero-order valence-corrected chi connectivity index (χ0v) is 44.1. The summed E-state index contributed by atoms with van der Waals surface area (Å²) in [6, 6.07) is 0. The monoisotopic (exact) mass is 947 g/mol. The van der Waals surface area contributed by atoms with Crippen molar-refractivity contribution in [1.82, 2.24) is 0 Å². The maximum atomic E-state index is 12.7. The lowest BCUT2D eigenvalue weighted by Crippen LogP contribution is -2.29. The molecule has 0 aliphatic heterocycles. The summed E-state index contributed by atoms with van der Waals surface area (Å²) in [4.78, 5) is 22.8. The highest BCUT2D eigenvalue weighted by molar-refractivity contribution is 7.47. The van der Waals surface area contributed by atoms with E-state index in [1.807, 2.05) is 0 Å². The number of phosphoric acid groups is 1. The third kappa shape index (κ3) is 52.7. The minimum absolute atomic E-state index is 0.0591. The van der Waals surface area contributed by atoms with Crippen LogP contribution in [0.4, 0.5) is 0 Å². The first-order valence-electron chi connectivity index (χ1n) is 28.5. The van der Waals surface area contributed by atoms with Gasteiger partial charge in [0.2, 0.25) is 0 Å². The Bertz CT molecular complexity index is 985. The van der Waals surface area contributed by atoms with E-state index < -0.39 is 33.2 Å². The highest BCUT2D eigenvalue weighted by Crippen LogP contribution is 2.43. The summed E-state index contributed by atoms with van der Waals surface area (Å²) >= 11 is 0. The van der Waals surface area contributed by atoms with E-state index in [-0.39, 0.29) is 25.6 Å². The maximum Gasteiger partial charge on any atom is 0.472 e. The van der Waals surface area contributed by atoms with Crippen LogP contribution in [-0.4, -0.2) is 66.3 Å². The van der Waals surface area contributed by atoms with Crippen LogP contribution >= 0.6 is 7.82 Å². The minimum atomic E-state index is -4.52. The van der Waals surface area contributed by atoms with E-state index in [1.165, 1.54) is 250 Å². The second-order valence-electron chi connectivity index (χ2n) is 19.7. The smallest absolute Gasteiger partial charge is 0.457 e. The van der Waals surface area contributed by atoms with E-state index in [0.29, 0.717) is 6.61 Å². The van der Waals surface area contributed by atoms with Crippen LogP contribution in [0.15, 0.2) is 0 Å². The third-order valence-electron chi connectivity index (χ3n) is 13.0. The van der Waals surface area contributed by atoms with Crippen molar-refractivity contribution < 1.29 is 43.0 Å². The van der Waals surface area contributed by atoms with E-state index in [9.17, 15) is 19.4 Å². The van der Waals surface area contributed by atoms with Crippen LogP contribution in [0, 0.1) is 0 Å². The van der Waals surface area contributed by atoms with Crippen molar-refractivity contribution in [3.63, 3.8) is 0 Å². The van der Waals surface area contributed by atoms with Crippen LogP contribution in [0.3, 0.4) is 0 Å². The first-order chi connectivity index (χ1) is 31.8. The van der Waals surface area contributed by atoms with E-state index in [4.69, 9.17) is 23.6 Å². The van der Waals surface area contributed by atoms with Gasteiger partial charge in [-0.1, -0.05) is 284 Å². The molecule has 0 saturated heterocycles. The topological polar surface area (TPSA) is 132 Å². The number of carbonyl (C=O) groups excluding carboxylic acids is 1. The Morgan fingerprint density at radius 2 is 0.692 bits per heavy atom. The second-order valence-corrected chi connectivity index (χ2v) is 21.1. The van der Waals surface area contributed by atoms with Crippen molar-refractivity contribution in [2.45, 2.75) is 315 Å². The van der Waals surface area contributed by atoms with Gasteiger partial charge in [0.15, 0.2) is 0 Å². The lowest BCUT2D eigenvalue weighted by Gasteiger charge is -2.20. The van der Waals surface area contributed by atoms with E-state index in [1.54, 1.807) is 0 Å². The molecule has 0 aromatic rings. The second kappa shape index (κ2) is 52.8. The van der Waals surface area contributed by atoms with Gasteiger partial charge in [0, 0.05) is 13.0 Å². The fourth-order valence-electron chi connectivity index (χ4n) is 8.71. The Morgan fingerprint density at radius 3 is 1.00 bits per heavy atom. The molecule has 3 atom stereocenters. The molecule has 65 heavy (non-hydrogen) atoms. The SMILES string of the molecule is CCCCCCCCCCCCCCCCCCCCCCCCCCC(=O)O[C@H](COCCCCCCCCCCCCCCCCCCCCCC)COP(=O)(O)OC[C@@H](O)CO. The first kappa shape index (κ1) is 64.5. The van der Waals surface area contributed by atoms with Gasteiger partial charge in [0.25, 0.3) is 0 Å². The Hall–Kier alpha value is -0.540. The predicted octanol–water partition coefficient (Wildman–Crippen LogP) is 17.0. The largest absolute Gasteiger partial charge is 0.472 e. The Balaban J connectivity index is 3.94. The van der Waals surface area contributed by atoms with Gasteiger partial charge in [-0.2, -0.15) is 0 Å². The molecule has 3 N–H and O–H groups in total. The average Bonchev–Trinajstić information content (AvgIpc) is 3.30.